The maximum absolute atomic E-state index is 9.90. The van der Waals surface area contributed by atoms with Crippen LogP contribution in [0.2, 0.25) is 10.0 Å². The van der Waals surface area contributed by atoms with E-state index in [4.69, 9.17) is 27.6 Å². The van der Waals surface area contributed by atoms with Crippen molar-refractivity contribution < 1.29 is 9.52 Å². The van der Waals surface area contributed by atoms with Crippen LogP contribution in [-0.4, -0.2) is 5.11 Å². The van der Waals surface area contributed by atoms with Gasteiger partial charge in [0.05, 0.1) is 6.26 Å². The highest BCUT2D eigenvalue weighted by atomic mass is 35.5. The monoisotopic (exact) mass is 256 g/mol. The van der Waals surface area contributed by atoms with Gasteiger partial charge in [-0.05, 0) is 29.8 Å². The molecule has 1 atom stereocenters. The third-order valence-corrected chi connectivity index (χ3v) is 3.04. The van der Waals surface area contributed by atoms with Gasteiger partial charge in [-0.15, -0.1) is 0 Å². The number of rotatable bonds is 3. The van der Waals surface area contributed by atoms with Crippen molar-refractivity contribution in [3.63, 3.8) is 0 Å². The quantitative estimate of drug-likeness (QED) is 0.905. The summed E-state index contributed by atoms with van der Waals surface area (Å²) in [5.74, 6) is 0.510. The zero-order valence-electron chi connectivity index (χ0n) is 8.36. The van der Waals surface area contributed by atoms with E-state index in [0.717, 1.165) is 5.56 Å². The van der Waals surface area contributed by atoms with Crippen molar-refractivity contribution in [1.82, 2.24) is 0 Å². The van der Waals surface area contributed by atoms with Crippen LogP contribution in [0.15, 0.2) is 41.0 Å². The molecule has 1 aromatic heterocycles. The van der Waals surface area contributed by atoms with Crippen molar-refractivity contribution in [2.24, 2.45) is 0 Å². The summed E-state index contributed by atoms with van der Waals surface area (Å²) in [6.45, 7) is 0. The lowest BCUT2D eigenvalue weighted by atomic mass is 10.1. The van der Waals surface area contributed by atoms with Crippen molar-refractivity contribution in [1.29, 1.82) is 0 Å². The van der Waals surface area contributed by atoms with Gasteiger partial charge in [0.15, 0.2) is 0 Å². The maximum atomic E-state index is 9.90. The standard InChI is InChI=1S/C12H10Cl2O2/c13-9-3-1-4-10(14)8(9)7-11(15)12-5-2-6-16-12/h1-6,11,15H,7H2. The highest BCUT2D eigenvalue weighted by Crippen LogP contribution is 2.29. The van der Waals surface area contributed by atoms with Crippen LogP contribution in [0, 0.1) is 0 Å². The summed E-state index contributed by atoms with van der Waals surface area (Å²) in [4.78, 5) is 0. The number of hydrogen-bond donors (Lipinski definition) is 1. The van der Waals surface area contributed by atoms with E-state index in [1.807, 2.05) is 0 Å². The summed E-state index contributed by atoms with van der Waals surface area (Å²) in [6, 6.07) is 8.71. The highest BCUT2D eigenvalue weighted by Gasteiger charge is 2.15. The summed E-state index contributed by atoms with van der Waals surface area (Å²) in [6.07, 6.45) is 1.13. The van der Waals surface area contributed by atoms with Gasteiger partial charge in [-0.1, -0.05) is 29.3 Å². The molecule has 16 heavy (non-hydrogen) atoms. The molecule has 0 bridgehead atoms. The van der Waals surface area contributed by atoms with E-state index < -0.39 is 6.10 Å². The van der Waals surface area contributed by atoms with E-state index >= 15 is 0 Å². The first-order valence-corrected chi connectivity index (χ1v) is 5.58. The largest absolute Gasteiger partial charge is 0.467 e. The Morgan fingerprint density at radius 3 is 2.38 bits per heavy atom. The molecular formula is C12H10Cl2O2. The number of aliphatic hydroxyl groups excluding tert-OH is 1. The minimum atomic E-state index is -0.729. The second-order valence-corrected chi connectivity index (χ2v) is 4.25. The number of furan rings is 1. The lowest BCUT2D eigenvalue weighted by Gasteiger charge is -2.10. The van der Waals surface area contributed by atoms with E-state index in [2.05, 4.69) is 0 Å². The van der Waals surface area contributed by atoms with Crippen LogP contribution in [0.3, 0.4) is 0 Å². The zero-order chi connectivity index (χ0) is 11.5. The van der Waals surface area contributed by atoms with Gasteiger partial charge in [0.1, 0.15) is 11.9 Å². The van der Waals surface area contributed by atoms with Crippen molar-refractivity contribution in [2.75, 3.05) is 0 Å². The fourth-order valence-electron chi connectivity index (χ4n) is 1.50. The molecule has 0 aliphatic rings. The van der Waals surface area contributed by atoms with E-state index in [1.165, 1.54) is 6.26 Å². The Kier molecular flexibility index (Phi) is 3.54. The molecule has 2 rings (SSSR count). The van der Waals surface area contributed by atoms with Crippen molar-refractivity contribution in [2.45, 2.75) is 12.5 Å². The minimum Gasteiger partial charge on any atom is -0.467 e. The smallest absolute Gasteiger partial charge is 0.132 e. The average Bonchev–Trinajstić information content (AvgIpc) is 2.76. The minimum absolute atomic E-state index is 0.339. The Labute approximate surface area is 103 Å². The van der Waals surface area contributed by atoms with Crippen LogP contribution in [0.5, 0.6) is 0 Å². The number of benzene rings is 1. The molecule has 0 spiro atoms. The predicted molar refractivity (Wildman–Crippen MR) is 63.8 cm³/mol. The molecule has 2 nitrogen and oxygen atoms in total. The van der Waals surface area contributed by atoms with Gasteiger partial charge >= 0.3 is 0 Å². The Bertz CT molecular complexity index is 446. The second kappa shape index (κ2) is 4.91. The first-order chi connectivity index (χ1) is 7.68. The van der Waals surface area contributed by atoms with Gasteiger partial charge in [-0.2, -0.15) is 0 Å². The van der Waals surface area contributed by atoms with E-state index in [0.29, 0.717) is 22.2 Å². The molecule has 0 radical (unpaired) electrons. The van der Waals surface area contributed by atoms with Crippen molar-refractivity contribution in [3.05, 3.63) is 58.0 Å². The number of hydrogen-bond acceptors (Lipinski definition) is 2. The topological polar surface area (TPSA) is 33.4 Å². The molecule has 0 aliphatic heterocycles. The van der Waals surface area contributed by atoms with Crippen LogP contribution in [0.4, 0.5) is 0 Å². The Hall–Kier alpha value is -0.960. The van der Waals surface area contributed by atoms with E-state index in [-0.39, 0.29) is 0 Å². The highest BCUT2D eigenvalue weighted by molar-refractivity contribution is 6.35. The maximum Gasteiger partial charge on any atom is 0.132 e. The first-order valence-electron chi connectivity index (χ1n) is 4.83. The summed E-state index contributed by atoms with van der Waals surface area (Å²) in [5, 5.41) is 11.0. The molecule has 0 saturated carbocycles. The second-order valence-electron chi connectivity index (χ2n) is 3.44. The Morgan fingerprint density at radius 1 is 1.12 bits per heavy atom. The van der Waals surface area contributed by atoms with Gasteiger partial charge in [0.2, 0.25) is 0 Å². The van der Waals surface area contributed by atoms with Gasteiger partial charge in [-0.25, -0.2) is 0 Å². The average molecular weight is 257 g/mol. The molecule has 1 N–H and O–H groups in total. The zero-order valence-corrected chi connectivity index (χ0v) is 9.87. The van der Waals surface area contributed by atoms with Crippen molar-refractivity contribution >= 4 is 23.2 Å². The van der Waals surface area contributed by atoms with Gasteiger partial charge in [0, 0.05) is 16.5 Å². The number of halogens is 2. The number of aliphatic hydroxyl groups is 1. The summed E-state index contributed by atoms with van der Waals surface area (Å²) in [7, 11) is 0. The SMILES string of the molecule is OC(Cc1c(Cl)cccc1Cl)c1ccco1. The normalized spacial score (nSPS) is 12.7. The summed E-state index contributed by atoms with van der Waals surface area (Å²) < 4.78 is 5.11. The molecule has 1 heterocycles. The van der Waals surface area contributed by atoms with Crippen LogP contribution in [-0.2, 0) is 6.42 Å². The van der Waals surface area contributed by atoms with Crippen LogP contribution >= 0.6 is 23.2 Å². The summed E-state index contributed by atoms with van der Waals surface area (Å²) >= 11 is 12.0. The van der Waals surface area contributed by atoms with Gasteiger partial charge in [0.25, 0.3) is 0 Å². The molecule has 2 aromatic rings. The van der Waals surface area contributed by atoms with Crippen LogP contribution < -0.4 is 0 Å². The van der Waals surface area contributed by atoms with Crippen LogP contribution in [0.1, 0.15) is 17.4 Å². The van der Waals surface area contributed by atoms with E-state index in [9.17, 15) is 5.11 Å². The predicted octanol–water partition coefficient (Wildman–Crippen LogP) is 3.86. The third kappa shape index (κ3) is 2.40. The fraction of sp³-hybridized carbons (Fsp3) is 0.167. The van der Waals surface area contributed by atoms with Gasteiger partial charge in [-0.3, -0.25) is 0 Å². The molecule has 1 aromatic carbocycles. The molecule has 0 aliphatic carbocycles. The van der Waals surface area contributed by atoms with Crippen LogP contribution in [0.25, 0.3) is 0 Å². The molecule has 4 heteroatoms. The third-order valence-electron chi connectivity index (χ3n) is 2.33. The summed E-state index contributed by atoms with van der Waals surface area (Å²) in [5.41, 5.74) is 0.731. The Morgan fingerprint density at radius 2 is 1.81 bits per heavy atom. The van der Waals surface area contributed by atoms with E-state index in [1.54, 1.807) is 30.3 Å². The molecule has 1 unspecified atom stereocenters. The van der Waals surface area contributed by atoms with Gasteiger partial charge < -0.3 is 9.52 Å². The fourth-order valence-corrected chi connectivity index (χ4v) is 2.05. The molecule has 0 amide bonds. The first kappa shape index (κ1) is 11.5. The lowest BCUT2D eigenvalue weighted by molar-refractivity contribution is 0.150. The van der Waals surface area contributed by atoms with Crippen molar-refractivity contribution in [3.8, 4) is 0 Å². The molecule has 0 fully saturated rings. The lowest BCUT2D eigenvalue weighted by Crippen LogP contribution is -2.01. The molecule has 84 valence electrons. The molecular weight excluding hydrogens is 247 g/mol. The molecule has 0 saturated heterocycles. The Balaban J connectivity index is 2.21.